The first-order valence-electron chi connectivity index (χ1n) is 4.85. The molecular weight excluding hydrogens is 224 g/mol. The molecule has 4 nitrogen and oxygen atoms in total. The van der Waals surface area contributed by atoms with Gasteiger partial charge in [0.2, 0.25) is 0 Å². The van der Waals surface area contributed by atoms with Crippen molar-refractivity contribution in [1.29, 1.82) is 5.26 Å². The molecular formula is C11H14N2O2S. The lowest BCUT2D eigenvalue weighted by molar-refractivity contribution is 0.0516. The molecule has 1 atom stereocenters. The summed E-state index contributed by atoms with van der Waals surface area (Å²) in [4.78, 5) is 12.2. The molecule has 0 spiro atoms. The quantitative estimate of drug-likeness (QED) is 0.861. The summed E-state index contributed by atoms with van der Waals surface area (Å²) < 4.78 is 5.07. The standard InChI is InChI=1S/C11H14N2O2S/c1-11(2,3)15-10(14)13-8(7-12)9-5-4-6-16-9/h4-6,8H,1-3H3,(H,13,14). The van der Waals surface area contributed by atoms with E-state index in [1.807, 2.05) is 17.5 Å². The van der Waals surface area contributed by atoms with E-state index in [4.69, 9.17) is 10.00 Å². The first-order chi connectivity index (χ1) is 7.42. The van der Waals surface area contributed by atoms with Crippen LogP contribution in [0.25, 0.3) is 0 Å². The van der Waals surface area contributed by atoms with Crippen molar-refractivity contribution in [2.75, 3.05) is 0 Å². The van der Waals surface area contributed by atoms with E-state index in [0.717, 1.165) is 4.88 Å². The number of amides is 1. The second-order valence-corrected chi connectivity index (χ2v) is 5.20. The summed E-state index contributed by atoms with van der Waals surface area (Å²) in [7, 11) is 0. The first kappa shape index (κ1) is 12.5. The van der Waals surface area contributed by atoms with Crippen LogP contribution in [0.3, 0.4) is 0 Å². The normalized spacial score (nSPS) is 12.6. The maximum absolute atomic E-state index is 11.4. The lowest BCUT2D eigenvalue weighted by atomic mass is 10.2. The molecule has 86 valence electrons. The number of alkyl carbamates (subject to hydrolysis) is 1. The van der Waals surface area contributed by atoms with Crippen molar-refractivity contribution in [2.24, 2.45) is 0 Å². The van der Waals surface area contributed by atoms with Gasteiger partial charge >= 0.3 is 6.09 Å². The highest BCUT2D eigenvalue weighted by Crippen LogP contribution is 2.18. The molecule has 0 saturated heterocycles. The van der Waals surface area contributed by atoms with E-state index in [-0.39, 0.29) is 0 Å². The molecule has 16 heavy (non-hydrogen) atoms. The van der Waals surface area contributed by atoms with Crippen LogP contribution in [0.15, 0.2) is 17.5 Å². The Morgan fingerprint density at radius 1 is 1.62 bits per heavy atom. The molecule has 0 aliphatic carbocycles. The van der Waals surface area contributed by atoms with E-state index in [1.54, 1.807) is 26.8 Å². The lowest BCUT2D eigenvalue weighted by Crippen LogP contribution is -2.34. The Hall–Kier alpha value is -1.54. The van der Waals surface area contributed by atoms with E-state index in [2.05, 4.69) is 5.32 Å². The topological polar surface area (TPSA) is 62.1 Å². The Labute approximate surface area is 98.8 Å². The fourth-order valence-corrected chi connectivity index (χ4v) is 1.77. The molecule has 1 amide bonds. The van der Waals surface area contributed by atoms with Gasteiger partial charge in [-0.15, -0.1) is 11.3 Å². The van der Waals surface area contributed by atoms with E-state index in [0.29, 0.717) is 0 Å². The van der Waals surface area contributed by atoms with Crippen LogP contribution in [-0.4, -0.2) is 11.7 Å². The highest BCUT2D eigenvalue weighted by Gasteiger charge is 2.20. The molecule has 1 heterocycles. The lowest BCUT2D eigenvalue weighted by Gasteiger charge is -2.20. The molecule has 0 aliphatic rings. The fraction of sp³-hybridized carbons (Fsp3) is 0.455. The summed E-state index contributed by atoms with van der Waals surface area (Å²) in [6.07, 6.45) is -0.576. The Morgan fingerprint density at radius 2 is 2.31 bits per heavy atom. The van der Waals surface area contributed by atoms with Gasteiger partial charge in [-0.3, -0.25) is 0 Å². The number of hydrogen-bond donors (Lipinski definition) is 1. The van der Waals surface area contributed by atoms with Crippen LogP contribution in [0.4, 0.5) is 4.79 Å². The maximum atomic E-state index is 11.4. The number of carbonyl (C=O) groups excluding carboxylic acids is 1. The first-order valence-corrected chi connectivity index (χ1v) is 5.73. The van der Waals surface area contributed by atoms with Gasteiger partial charge < -0.3 is 10.1 Å². The maximum Gasteiger partial charge on any atom is 0.409 e. The highest BCUT2D eigenvalue weighted by atomic mass is 32.1. The van der Waals surface area contributed by atoms with E-state index in [1.165, 1.54) is 11.3 Å². The van der Waals surface area contributed by atoms with Gasteiger partial charge in [0.05, 0.1) is 6.07 Å². The van der Waals surface area contributed by atoms with Crippen LogP contribution >= 0.6 is 11.3 Å². The van der Waals surface area contributed by atoms with Crippen molar-refractivity contribution >= 4 is 17.4 Å². The Bertz CT molecular complexity index is 387. The Kier molecular flexibility index (Phi) is 3.91. The predicted molar refractivity (Wildman–Crippen MR) is 62.0 cm³/mol. The molecule has 0 bridgehead atoms. The molecule has 1 rings (SSSR count). The van der Waals surface area contributed by atoms with Gasteiger partial charge in [0.15, 0.2) is 6.04 Å². The molecule has 0 aliphatic heterocycles. The summed E-state index contributed by atoms with van der Waals surface area (Å²) in [6.45, 7) is 5.33. The number of carbonyl (C=O) groups is 1. The summed E-state index contributed by atoms with van der Waals surface area (Å²) >= 11 is 1.42. The van der Waals surface area contributed by atoms with Crippen LogP contribution < -0.4 is 5.32 Å². The van der Waals surface area contributed by atoms with Gasteiger partial charge in [-0.2, -0.15) is 5.26 Å². The van der Waals surface area contributed by atoms with Crippen LogP contribution in [0, 0.1) is 11.3 Å². The van der Waals surface area contributed by atoms with Crippen molar-refractivity contribution in [1.82, 2.24) is 5.32 Å². The second-order valence-electron chi connectivity index (χ2n) is 4.22. The van der Waals surface area contributed by atoms with Crippen LogP contribution in [0.2, 0.25) is 0 Å². The average molecular weight is 238 g/mol. The third-order valence-electron chi connectivity index (χ3n) is 1.62. The number of nitrogens with one attached hydrogen (secondary N) is 1. The second kappa shape index (κ2) is 4.99. The minimum absolute atomic E-state index is 0.556. The number of nitrogens with zero attached hydrogens (tertiary/aromatic N) is 1. The number of thiophene rings is 1. The van der Waals surface area contributed by atoms with Gasteiger partial charge in [0, 0.05) is 4.88 Å². The molecule has 0 fully saturated rings. The average Bonchev–Trinajstić information content (AvgIpc) is 2.63. The minimum atomic E-state index is -0.644. The molecule has 1 N–H and O–H groups in total. The highest BCUT2D eigenvalue weighted by molar-refractivity contribution is 7.10. The molecule has 1 aromatic heterocycles. The molecule has 1 unspecified atom stereocenters. The van der Waals surface area contributed by atoms with Crippen molar-refractivity contribution < 1.29 is 9.53 Å². The summed E-state index contributed by atoms with van der Waals surface area (Å²) in [5.74, 6) is 0. The molecule has 5 heteroatoms. The van der Waals surface area contributed by atoms with E-state index in [9.17, 15) is 4.79 Å². The van der Waals surface area contributed by atoms with Crippen molar-refractivity contribution in [2.45, 2.75) is 32.4 Å². The van der Waals surface area contributed by atoms with Gasteiger partial charge in [-0.1, -0.05) is 6.07 Å². The van der Waals surface area contributed by atoms with Crippen molar-refractivity contribution in [3.05, 3.63) is 22.4 Å². The zero-order chi connectivity index (χ0) is 12.2. The molecule has 0 saturated carbocycles. The number of nitriles is 1. The van der Waals surface area contributed by atoms with Gasteiger partial charge in [0.25, 0.3) is 0 Å². The van der Waals surface area contributed by atoms with Crippen LogP contribution in [-0.2, 0) is 4.74 Å². The number of rotatable bonds is 2. The number of ether oxygens (including phenoxy) is 1. The molecule has 0 aromatic carbocycles. The predicted octanol–water partition coefficient (Wildman–Crippen LogP) is 2.84. The SMILES string of the molecule is CC(C)(C)OC(=O)NC(C#N)c1cccs1. The monoisotopic (exact) mass is 238 g/mol. The van der Waals surface area contributed by atoms with Gasteiger partial charge in [0.1, 0.15) is 5.60 Å². The van der Waals surface area contributed by atoms with E-state index < -0.39 is 17.7 Å². The molecule has 0 radical (unpaired) electrons. The summed E-state index contributed by atoms with van der Waals surface area (Å²) in [6, 6.07) is 5.01. The van der Waals surface area contributed by atoms with Gasteiger partial charge in [-0.25, -0.2) is 4.79 Å². The van der Waals surface area contributed by atoms with E-state index >= 15 is 0 Å². The third-order valence-corrected chi connectivity index (χ3v) is 2.56. The fourth-order valence-electron chi connectivity index (χ4n) is 1.05. The Balaban J connectivity index is 2.59. The van der Waals surface area contributed by atoms with Gasteiger partial charge in [-0.05, 0) is 32.2 Å². The smallest absolute Gasteiger partial charge is 0.409 e. The largest absolute Gasteiger partial charge is 0.444 e. The minimum Gasteiger partial charge on any atom is -0.444 e. The Morgan fingerprint density at radius 3 is 2.75 bits per heavy atom. The molecule has 1 aromatic rings. The zero-order valence-corrected chi connectivity index (χ0v) is 10.3. The van der Waals surface area contributed by atoms with Crippen molar-refractivity contribution in [3.63, 3.8) is 0 Å². The third kappa shape index (κ3) is 3.91. The van der Waals surface area contributed by atoms with Crippen LogP contribution in [0.1, 0.15) is 31.7 Å². The summed E-state index contributed by atoms with van der Waals surface area (Å²) in [5, 5.41) is 13.3. The van der Waals surface area contributed by atoms with Crippen molar-refractivity contribution in [3.8, 4) is 6.07 Å². The van der Waals surface area contributed by atoms with Crippen LogP contribution in [0.5, 0.6) is 0 Å². The number of hydrogen-bond acceptors (Lipinski definition) is 4. The summed E-state index contributed by atoms with van der Waals surface area (Å²) in [5.41, 5.74) is -0.556. The zero-order valence-electron chi connectivity index (χ0n) is 9.48.